The largest absolute Gasteiger partial charge is 0.299 e. The lowest BCUT2D eigenvalue weighted by molar-refractivity contribution is 1.07. The number of thiazole rings is 1. The number of benzene rings is 7. The van der Waals surface area contributed by atoms with Gasteiger partial charge in [0.2, 0.25) is 0 Å². The van der Waals surface area contributed by atoms with Crippen LogP contribution in [0.1, 0.15) is 0 Å². The number of nitrogens with zero attached hydrogens (tertiary/aromatic N) is 4. The first-order valence-electron chi connectivity index (χ1n) is 17.4. The molecule has 3 heterocycles. The fraction of sp³-hybridized carbons (Fsp3) is 0. The summed E-state index contributed by atoms with van der Waals surface area (Å²) in [5, 5.41) is 1.24. The molecule has 0 aliphatic carbocycles. The highest BCUT2D eigenvalue weighted by Crippen LogP contribution is 2.42. The molecule has 0 spiro atoms. The zero-order valence-corrected chi connectivity index (χ0v) is 28.8. The summed E-state index contributed by atoms with van der Waals surface area (Å²) in [4.78, 5) is 16.6. The number of fused-ring (bicyclic) bond motifs is 5. The predicted octanol–water partition coefficient (Wildman–Crippen LogP) is 12.5. The lowest BCUT2D eigenvalue weighted by Crippen LogP contribution is -2.00. The fourth-order valence-electron chi connectivity index (χ4n) is 7.15. The van der Waals surface area contributed by atoms with Gasteiger partial charge in [0.05, 0.1) is 15.7 Å². The van der Waals surface area contributed by atoms with E-state index in [1.165, 1.54) is 31.5 Å². The van der Waals surface area contributed by atoms with Crippen LogP contribution < -0.4 is 0 Å². The third-order valence-corrected chi connectivity index (χ3v) is 10.8. The minimum atomic E-state index is 0.635. The Kier molecular flexibility index (Phi) is 7.29. The van der Waals surface area contributed by atoms with E-state index in [2.05, 4.69) is 174 Å². The van der Waals surface area contributed by atoms with Gasteiger partial charge >= 0.3 is 0 Å². The minimum absolute atomic E-state index is 0.635. The van der Waals surface area contributed by atoms with Crippen molar-refractivity contribution in [2.45, 2.75) is 0 Å². The maximum Gasteiger partial charge on any atom is 0.164 e. The van der Waals surface area contributed by atoms with Crippen molar-refractivity contribution in [2.75, 3.05) is 0 Å². The molecule has 0 aliphatic heterocycles. The van der Waals surface area contributed by atoms with E-state index in [1.807, 2.05) is 23.5 Å². The van der Waals surface area contributed by atoms with E-state index < -0.39 is 0 Å². The van der Waals surface area contributed by atoms with E-state index in [-0.39, 0.29) is 0 Å². The van der Waals surface area contributed by atoms with Crippen molar-refractivity contribution in [1.82, 2.24) is 19.4 Å². The first kappa shape index (κ1) is 30.2. The molecule has 0 amide bonds. The molecule has 4 nitrogen and oxygen atoms in total. The number of hydrogen-bond acceptors (Lipinski definition) is 4. The number of para-hydroxylation sites is 2. The van der Waals surface area contributed by atoms with E-state index >= 15 is 0 Å². The summed E-state index contributed by atoms with van der Waals surface area (Å²) < 4.78 is 3.68. The Morgan fingerprint density at radius 2 is 0.808 bits per heavy atom. The molecule has 52 heavy (non-hydrogen) atoms. The second kappa shape index (κ2) is 12.6. The molecule has 0 saturated carbocycles. The molecule has 5 heteroatoms. The van der Waals surface area contributed by atoms with Crippen molar-refractivity contribution in [3.63, 3.8) is 0 Å². The van der Waals surface area contributed by atoms with Crippen molar-refractivity contribution < 1.29 is 0 Å². The Morgan fingerprint density at radius 3 is 1.42 bits per heavy atom. The van der Waals surface area contributed by atoms with E-state index in [1.54, 1.807) is 0 Å². The number of aromatic nitrogens is 4. The van der Waals surface area contributed by atoms with Gasteiger partial charge in [-0.1, -0.05) is 152 Å². The van der Waals surface area contributed by atoms with Crippen LogP contribution in [-0.4, -0.2) is 19.4 Å². The van der Waals surface area contributed by atoms with Gasteiger partial charge in [-0.2, -0.15) is 0 Å². The van der Waals surface area contributed by atoms with Gasteiger partial charge < -0.3 is 0 Å². The SMILES string of the molecule is c1ccc(-c2cccc(-c3nc(-c4ccc(-c5c6ccccc6n6c5sc5ccccc56)cc4)nc(-c4cccc(-c5ccccc5)c4)n3)c2)cc1. The van der Waals surface area contributed by atoms with Gasteiger partial charge in [-0.25, -0.2) is 15.0 Å². The van der Waals surface area contributed by atoms with Gasteiger partial charge in [-0.05, 0) is 58.1 Å². The van der Waals surface area contributed by atoms with E-state index in [9.17, 15) is 0 Å². The van der Waals surface area contributed by atoms with Crippen molar-refractivity contribution in [3.05, 3.63) is 182 Å². The van der Waals surface area contributed by atoms with E-state index in [0.29, 0.717) is 17.5 Å². The Morgan fingerprint density at radius 1 is 0.346 bits per heavy atom. The first-order valence-corrected chi connectivity index (χ1v) is 18.2. The first-order chi connectivity index (χ1) is 25.8. The number of hydrogen-bond donors (Lipinski definition) is 0. The summed E-state index contributed by atoms with van der Waals surface area (Å²) in [7, 11) is 0. The summed E-state index contributed by atoms with van der Waals surface area (Å²) in [5.74, 6) is 1.91. The normalized spacial score (nSPS) is 11.5. The summed E-state index contributed by atoms with van der Waals surface area (Å²) >= 11 is 1.84. The van der Waals surface area contributed by atoms with Crippen LogP contribution >= 0.6 is 11.3 Å². The molecule has 0 fully saturated rings. The molecule has 10 rings (SSSR count). The smallest absolute Gasteiger partial charge is 0.164 e. The van der Waals surface area contributed by atoms with Crippen LogP contribution in [0.2, 0.25) is 0 Å². The molecule has 0 bridgehead atoms. The van der Waals surface area contributed by atoms with Crippen LogP contribution in [-0.2, 0) is 0 Å². The van der Waals surface area contributed by atoms with Gasteiger partial charge in [0.1, 0.15) is 4.83 Å². The van der Waals surface area contributed by atoms with Gasteiger partial charge in [0, 0.05) is 27.6 Å². The minimum Gasteiger partial charge on any atom is -0.299 e. The van der Waals surface area contributed by atoms with Crippen molar-refractivity contribution in [1.29, 1.82) is 0 Å². The standard InChI is InChI=1S/C47H30N4S/c1-3-13-31(14-4-1)35-17-11-19-37(29-35)45-48-44(49-46(50-45)38-20-12-18-36(30-38)32-15-5-2-6-16-32)34-27-25-33(26-28-34)43-39-21-7-8-22-40(39)51-41-23-9-10-24-42(41)52-47(43)51/h1-30H. The molecular weight excluding hydrogens is 653 g/mol. The van der Waals surface area contributed by atoms with Gasteiger partial charge in [-0.3, -0.25) is 4.40 Å². The van der Waals surface area contributed by atoms with Crippen LogP contribution in [0.15, 0.2) is 182 Å². The maximum absolute atomic E-state index is 5.11. The average molecular weight is 683 g/mol. The second-order valence-electron chi connectivity index (χ2n) is 12.9. The lowest BCUT2D eigenvalue weighted by Gasteiger charge is -2.11. The topological polar surface area (TPSA) is 43.1 Å². The zero-order valence-electron chi connectivity index (χ0n) is 28.0. The highest BCUT2D eigenvalue weighted by atomic mass is 32.1. The Bertz CT molecular complexity index is 2790. The molecule has 7 aromatic carbocycles. The van der Waals surface area contributed by atoms with Gasteiger partial charge in [0.25, 0.3) is 0 Å². The molecule has 0 saturated heterocycles. The van der Waals surface area contributed by atoms with Gasteiger partial charge in [0.15, 0.2) is 17.5 Å². The maximum atomic E-state index is 5.11. The summed E-state index contributed by atoms with van der Waals surface area (Å²) in [6.45, 7) is 0. The van der Waals surface area contributed by atoms with Crippen LogP contribution in [0.4, 0.5) is 0 Å². The van der Waals surface area contributed by atoms with Crippen LogP contribution in [0, 0.1) is 0 Å². The molecule has 244 valence electrons. The third-order valence-electron chi connectivity index (χ3n) is 9.67. The van der Waals surface area contributed by atoms with E-state index in [4.69, 9.17) is 15.0 Å². The molecule has 3 aromatic heterocycles. The summed E-state index contributed by atoms with van der Waals surface area (Å²) in [6, 6.07) is 63.7. The fourth-order valence-corrected chi connectivity index (χ4v) is 8.39. The van der Waals surface area contributed by atoms with E-state index in [0.717, 1.165) is 44.5 Å². The summed E-state index contributed by atoms with van der Waals surface area (Å²) in [5.41, 5.74) is 12.2. The highest BCUT2D eigenvalue weighted by Gasteiger charge is 2.19. The molecule has 0 radical (unpaired) electrons. The Balaban J connectivity index is 1.11. The lowest BCUT2D eigenvalue weighted by atomic mass is 10.0. The van der Waals surface area contributed by atoms with Crippen LogP contribution in [0.3, 0.4) is 0 Å². The number of rotatable bonds is 6. The van der Waals surface area contributed by atoms with Crippen molar-refractivity contribution >= 4 is 37.3 Å². The molecule has 0 N–H and O–H groups in total. The highest BCUT2D eigenvalue weighted by molar-refractivity contribution is 7.24. The van der Waals surface area contributed by atoms with Crippen LogP contribution in [0.25, 0.3) is 93.5 Å². The monoisotopic (exact) mass is 682 g/mol. The van der Waals surface area contributed by atoms with Crippen molar-refractivity contribution in [2.24, 2.45) is 0 Å². The average Bonchev–Trinajstić information content (AvgIpc) is 3.76. The molecule has 0 aliphatic rings. The summed E-state index contributed by atoms with van der Waals surface area (Å²) in [6.07, 6.45) is 0. The quantitative estimate of drug-likeness (QED) is 0.175. The zero-order chi connectivity index (χ0) is 34.4. The predicted molar refractivity (Wildman–Crippen MR) is 216 cm³/mol. The molecule has 0 unspecified atom stereocenters. The Labute approximate surface area is 305 Å². The van der Waals surface area contributed by atoms with Gasteiger partial charge in [-0.15, -0.1) is 11.3 Å². The molecular formula is C47H30N4S. The van der Waals surface area contributed by atoms with Crippen molar-refractivity contribution in [3.8, 4) is 67.5 Å². The molecule has 10 aromatic rings. The second-order valence-corrected chi connectivity index (χ2v) is 13.9. The Hall–Kier alpha value is -6.69. The third kappa shape index (κ3) is 5.27. The van der Waals surface area contributed by atoms with Crippen LogP contribution in [0.5, 0.6) is 0 Å². The molecule has 0 atom stereocenters.